The summed E-state index contributed by atoms with van der Waals surface area (Å²) in [5.74, 6) is 0.687. The lowest BCUT2D eigenvalue weighted by molar-refractivity contribution is 0.473. The molecule has 0 radical (unpaired) electrons. The molecule has 0 amide bonds. The van der Waals surface area contributed by atoms with Crippen LogP contribution in [0.1, 0.15) is 5.56 Å². The van der Waals surface area contributed by atoms with Gasteiger partial charge in [0.25, 0.3) is 0 Å². The highest BCUT2D eigenvalue weighted by molar-refractivity contribution is 9.11. The number of hydrogen-bond donors (Lipinski definition) is 1. The van der Waals surface area contributed by atoms with Gasteiger partial charge in [-0.2, -0.15) is 0 Å². The maximum absolute atomic E-state index is 13.3. The van der Waals surface area contributed by atoms with Crippen LogP contribution in [0.2, 0.25) is 0 Å². The molecule has 0 aliphatic rings. The fourth-order valence-electron chi connectivity index (χ4n) is 1.48. The van der Waals surface area contributed by atoms with Crippen LogP contribution in [0.15, 0.2) is 45.3 Å². The van der Waals surface area contributed by atoms with Gasteiger partial charge in [0.15, 0.2) is 0 Å². The van der Waals surface area contributed by atoms with Crippen molar-refractivity contribution in [2.75, 3.05) is 0 Å². The van der Waals surface area contributed by atoms with Crippen molar-refractivity contribution < 1.29 is 9.13 Å². The van der Waals surface area contributed by atoms with Gasteiger partial charge in [0, 0.05) is 17.1 Å². The van der Waals surface area contributed by atoms with Crippen molar-refractivity contribution in [3.63, 3.8) is 0 Å². The first-order valence-electron chi connectivity index (χ1n) is 5.21. The second kappa shape index (κ2) is 5.82. The lowest BCUT2D eigenvalue weighted by Crippen LogP contribution is -1.97. The largest absolute Gasteiger partial charge is 0.456 e. The SMILES string of the molecule is NCc1cc(F)cc(Oc2ccc(Br)cc2Br)c1. The smallest absolute Gasteiger partial charge is 0.141 e. The van der Waals surface area contributed by atoms with Crippen molar-refractivity contribution in [2.45, 2.75) is 6.54 Å². The van der Waals surface area contributed by atoms with Gasteiger partial charge in [0.1, 0.15) is 17.3 Å². The van der Waals surface area contributed by atoms with Crippen LogP contribution in [0, 0.1) is 5.82 Å². The summed E-state index contributed by atoms with van der Waals surface area (Å²) in [5.41, 5.74) is 6.19. The van der Waals surface area contributed by atoms with E-state index in [-0.39, 0.29) is 12.4 Å². The summed E-state index contributed by atoms with van der Waals surface area (Å²) in [4.78, 5) is 0. The quantitative estimate of drug-likeness (QED) is 0.851. The second-order valence-corrected chi connectivity index (χ2v) is 5.45. The lowest BCUT2D eigenvalue weighted by atomic mass is 10.2. The zero-order chi connectivity index (χ0) is 13.1. The standard InChI is InChI=1S/C13H10Br2FNO/c14-9-1-2-13(12(15)5-9)18-11-4-8(7-17)3-10(16)6-11/h1-6H,7,17H2. The van der Waals surface area contributed by atoms with E-state index in [2.05, 4.69) is 31.9 Å². The molecule has 0 aliphatic heterocycles. The van der Waals surface area contributed by atoms with Crippen LogP contribution in [-0.4, -0.2) is 0 Å². The Bertz CT molecular complexity index is 575. The third-order valence-corrected chi connectivity index (χ3v) is 3.40. The van der Waals surface area contributed by atoms with Crippen LogP contribution in [0.25, 0.3) is 0 Å². The van der Waals surface area contributed by atoms with E-state index in [9.17, 15) is 4.39 Å². The Morgan fingerprint density at radius 3 is 2.56 bits per heavy atom. The number of rotatable bonds is 3. The Hall–Kier alpha value is -0.910. The van der Waals surface area contributed by atoms with Crippen LogP contribution in [0.4, 0.5) is 4.39 Å². The molecule has 0 saturated carbocycles. The molecule has 2 rings (SSSR count). The molecule has 0 unspecified atom stereocenters. The van der Waals surface area contributed by atoms with Crippen LogP contribution < -0.4 is 10.5 Å². The minimum atomic E-state index is -0.360. The Labute approximate surface area is 121 Å². The maximum atomic E-state index is 13.3. The van der Waals surface area contributed by atoms with E-state index < -0.39 is 0 Å². The van der Waals surface area contributed by atoms with E-state index in [1.807, 2.05) is 12.1 Å². The topological polar surface area (TPSA) is 35.2 Å². The average molecular weight is 375 g/mol. The first-order chi connectivity index (χ1) is 8.58. The van der Waals surface area contributed by atoms with Gasteiger partial charge in [0.2, 0.25) is 0 Å². The summed E-state index contributed by atoms with van der Waals surface area (Å²) in [6, 6.07) is 9.94. The summed E-state index contributed by atoms with van der Waals surface area (Å²) in [6.07, 6.45) is 0. The van der Waals surface area contributed by atoms with E-state index >= 15 is 0 Å². The van der Waals surface area contributed by atoms with Gasteiger partial charge in [-0.1, -0.05) is 15.9 Å². The summed E-state index contributed by atoms with van der Waals surface area (Å²) >= 11 is 6.74. The van der Waals surface area contributed by atoms with Crippen molar-refractivity contribution in [2.24, 2.45) is 5.73 Å². The van der Waals surface area contributed by atoms with Gasteiger partial charge >= 0.3 is 0 Å². The maximum Gasteiger partial charge on any atom is 0.141 e. The molecule has 18 heavy (non-hydrogen) atoms. The molecule has 0 aliphatic carbocycles. The van der Waals surface area contributed by atoms with E-state index in [1.165, 1.54) is 12.1 Å². The Balaban J connectivity index is 2.30. The van der Waals surface area contributed by atoms with Gasteiger partial charge in [-0.25, -0.2) is 4.39 Å². The monoisotopic (exact) mass is 373 g/mol. The summed E-state index contributed by atoms with van der Waals surface area (Å²) in [7, 11) is 0. The van der Waals surface area contributed by atoms with Gasteiger partial charge in [0.05, 0.1) is 4.47 Å². The number of hydrogen-bond acceptors (Lipinski definition) is 2. The zero-order valence-electron chi connectivity index (χ0n) is 9.29. The Morgan fingerprint density at radius 1 is 1.11 bits per heavy atom. The number of benzene rings is 2. The highest BCUT2D eigenvalue weighted by Gasteiger charge is 2.06. The number of halogens is 3. The molecule has 94 valence electrons. The summed E-state index contributed by atoms with van der Waals surface area (Å²) in [5, 5.41) is 0. The van der Waals surface area contributed by atoms with E-state index in [0.717, 1.165) is 8.95 Å². The van der Waals surface area contributed by atoms with Crippen molar-refractivity contribution in [1.82, 2.24) is 0 Å². The molecule has 2 aromatic rings. The predicted molar refractivity (Wildman–Crippen MR) is 76.2 cm³/mol. The van der Waals surface area contributed by atoms with Crippen LogP contribution in [-0.2, 0) is 6.54 Å². The molecule has 0 bridgehead atoms. The first kappa shape index (κ1) is 13.5. The van der Waals surface area contributed by atoms with Crippen molar-refractivity contribution in [3.8, 4) is 11.5 Å². The summed E-state index contributed by atoms with van der Waals surface area (Å²) in [6.45, 7) is 0.273. The molecule has 2 nitrogen and oxygen atoms in total. The first-order valence-corrected chi connectivity index (χ1v) is 6.79. The van der Waals surface area contributed by atoms with E-state index in [4.69, 9.17) is 10.5 Å². The Kier molecular flexibility index (Phi) is 4.37. The van der Waals surface area contributed by atoms with E-state index in [1.54, 1.807) is 12.1 Å². The fraction of sp³-hybridized carbons (Fsp3) is 0.0769. The molecule has 0 heterocycles. The number of nitrogens with two attached hydrogens (primary N) is 1. The molecule has 2 aromatic carbocycles. The molecule has 2 N–H and O–H groups in total. The van der Waals surface area contributed by atoms with Crippen molar-refractivity contribution in [1.29, 1.82) is 0 Å². The van der Waals surface area contributed by atoms with Crippen molar-refractivity contribution in [3.05, 3.63) is 56.7 Å². The minimum absolute atomic E-state index is 0.273. The fourth-order valence-corrected chi connectivity index (χ4v) is 2.61. The minimum Gasteiger partial charge on any atom is -0.456 e. The molecular weight excluding hydrogens is 365 g/mol. The highest BCUT2D eigenvalue weighted by atomic mass is 79.9. The van der Waals surface area contributed by atoms with E-state index in [0.29, 0.717) is 17.1 Å². The molecule has 0 atom stereocenters. The molecule has 0 spiro atoms. The Morgan fingerprint density at radius 2 is 1.89 bits per heavy atom. The van der Waals surface area contributed by atoms with Gasteiger partial charge in [-0.15, -0.1) is 0 Å². The van der Waals surface area contributed by atoms with Gasteiger partial charge in [-0.3, -0.25) is 0 Å². The van der Waals surface area contributed by atoms with Gasteiger partial charge < -0.3 is 10.5 Å². The highest BCUT2D eigenvalue weighted by Crippen LogP contribution is 2.32. The predicted octanol–water partition coefficient (Wildman–Crippen LogP) is 4.60. The van der Waals surface area contributed by atoms with Gasteiger partial charge in [-0.05, 0) is 51.8 Å². The molecular formula is C13H10Br2FNO. The molecule has 0 aromatic heterocycles. The lowest BCUT2D eigenvalue weighted by Gasteiger charge is -2.09. The molecule has 0 saturated heterocycles. The van der Waals surface area contributed by atoms with Crippen LogP contribution >= 0.6 is 31.9 Å². The second-order valence-electron chi connectivity index (χ2n) is 3.68. The van der Waals surface area contributed by atoms with Crippen LogP contribution in [0.5, 0.6) is 11.5 Å². The molecule has 5 heteroatoms. The summed E-state index contributed by atoms with van der Waals surface area (Å²) < 4.78 is 20.7. The third kappa shape index (κ3) is 3.31. The van der Waals surface area contributed by atoms with Crippen molar-refractivity contribution >= 4 is 31.9 Å². The normalized spacial score (nSPS) is 10.4. The zero-order valence-corrected chi connectivity index (χ0v) is 12.5. The molecule has 0 fully saturated rings. The third-order valence-electron chi connectivity index (χ3n) is 2.29. The van der Waals surface area contributed by atoms with Crippen LogP contribution in [0.3, 0.4) is 0 Å². The average Bonchev–Trinajstić information content (AvgIpc) is 2.32. The number of ether oxygens (including phenoxy) is 1.